The van der Waals surface area contributed by atoms with Crippen molar-refractivity contribution in [3.8, 4) is 0 Å². The average Bonchev–Trinajstić information content (AvgIpc) is 2.75. The number of aryl methyl sites for hydroxylation is 1. The van der Waals surface area contributed by atoms with Crippen LogP contribution >= 0.6 is 0 Å². The van der Waals surface area contributed by atoms with E-state index in [-0.39, 0.29) is 11.7 Å². The maximum atomic E-state index is 13.4. The Morgan fingerprint density at radius 1 is 0.742 bits per heavy atom. The first-order chi connectivity index (χ1) is 15.1. The Kier molecular flexibility index (Phi) is 15.9. The second-order valence-electron chi connectivity index (χ2n) is 8.39. The van der Waals surface area contributed by atoms with E-state index in [0.717, 1.165) is 44.1 Å². The summed E-state index contributed by atoms with van der Waals surface area (Å²) in [5.41, 5.74) is 1.08. The zero-order valence-electron chi connectivity index (χ0n) is 20.6. The van der Waals surface area contributed by atoms with E-state index in [0.29, 0.717) is 19.8 Å². The average molecular weight is 439 g/mol. The van der Waals surface area contributed by atoms with Crippen molar-refractivity contribution in [3.05, 3.63) is 35.6 Å². The summed E-state index contributed by atoms with van der Waals surface area (Å²) in [6.45, 7) is 10.0. The molecule has 0 amide bonds. The normalized spacial score (nSPS) is 12.9. The van der Waals surface area contributed by atoms with Crippen LogP contribution in [-0.4, -0.2) is 25.8 Å². The molecule has 4 heteroatoms. The third kappa shape index (κ3) is 11.5. The first-order valence-electron chi connectivity index (χ1n) is 12.8. The molecule has 0 heterocycles. The van der Waals surface area contributed by atoms with E-state index in [2.05, 4.69) is 6.92 Å². The third-order valence-corrected chi connectivity index (χ3v) is 5.85. The molecule has 0 aliphatic heterocycles. The summed E-state index contributed by atoms with van der Waals surface area (Å²) in [4.78, 5) is 0. The molecule has 0 aliphatic rings. The van der Waals surface area contributed by atoms with Crippen molar-refractivity contribution in [3.63, 3.8) is 0 Å². The minimum Gasteiger partial charge on any atom is -0.328 e. The van der Waals surface area contributed by atoms with Gasteiger partial charge < -0.3 is 14.2 Å². The van der Waals surface area contributed by atoms with E-state index >= 15 is 0 Å². The first-order valence-corrected chi connectivity index (χ1v) is 12.8. The lowest BCUT2D eigenvalue weighted by Crippen LogP contribution is -2.46. The highest BCUT2D eigenvalue weighted by molar-refractivity contribution is 5.16. The summed E-state index contributed by atoms with van der Waals surface area (Å²) in [5.74, 6) is -0.844. The van der Waals surface area contributed by atoms with Crippen LogP contribution in [0.4, 0.5) is 4.39 Å². The third-order valence-electron chi connectivity index (χ3n) is 5.85. The molecule has 0 aromatic heterocycles. The van der Waals surface area contributed by atoms with Crippen LogP contribution in [0.25, 0.3) is 0 Å². The Hall–Kier alpha value is -0.970. The maximum absolute atomic E-state index is 13.4. The molecule has 0 saturated heterocycles. The van der Waals surface area contributed by atoms with Crippen LogP contribution in [0, 0.1) is 11.7 Å². The number of hydrogen-bond acceptors (Lipinski definition) is 3. The number of rotatable bonds is 20. The van der Waals surface area contributed by atoms with Gasteiger partial charge in [0.15, 0.2) is 0 Å². The van der Waals surface area contributed by atoms with E-state index < -0.39 is 5.97 Å². The Bertz CT molecular complexity index is 532. The zero-order valence-corrected chi connectivity index (χ0v) is 20.6. The van der Waals surface area contributed by atoms with Gasteiger partial charge in [-0.3, -0.25) is 0 Å². The highest BCUT2D eigenvalue weighted by atomic mass is 19.1. The lowest BCUT2D eigenvalue weighted by Gasteiger charge is -2.39. The number of ether oxygens (including phenoxy) is 3. The molecule has 180 valence electrons. The molecule has 0 radical (unpaired) electrons. The summed E-state index contributed by atoms with van der Waals surface area (Å²) >= 11 is 0. The smallest absolute Gasteiger partial charge is 0.285 e. The Morgan fingerprint density at radius 3 is 1.84 bits per heavy atom. The van der Waals surface area contributed by atoms with Gasteiger partial charge in [-0.1, -0.05) is 70.4 Å². The monoisotopic (exact) mass is 438 g/mol. The number of halogens is 1. The molecular formula is C27H47FO3. The molecule has 1 aromatic carbocycles. The van der Waals surface area contributed by atoms with Crippen molar-refractivity contribution >= 4 is 0 Å². The van der Waals surface area contributed by atoms with Crippen molar-refractivity contribution in [2.75, 3.05) is 19.8 Å². The predicted molar refractivity (Wildman–Crippen MR) is 128 cm³/mol. The molecule has 0 saturated carbocycles. The van der Waals surface area contributed by atoms with Crippen LogP contribution in [0.15, 0.2) is 24.3 Å². The van der Waals surface area contributed by atoms with Crippen molar-refractivity contribution < 1.29 is 18.6 Å². The van der Waals surface area contributed by atoms with E-state index in [1.54, 1.807) is 12.1 Å². The Labute approximate surface area is 191 Å². The molecule has 3 nitrogen and oxygen atoms in total. The van der Waals surface area contributed by atoms with Crippen LogP contribution < -0.4 is 0 Å². The van der Waals surface area contributed by atoms with Gasteiger partial charge in [0.25, 0.3) is 5.97 Å². The first kappa shape index (κ1) is 28.1. The zero-order chi connectivity index (χ0) is 22.8. The molecule has 1 aromatic rings. The van der Waals surface area contributed by atoms with Crippen LogP contribution in [0.3, 0.4) is 0 Å². The lowest BCUT2D eigenvalue weighted by atomic mass is 9.91. The SMILES string of the molecule is CCCCCCCCC(CCCCCc1cccc(F)c1)C(OCC)(OCC)OCC. The molecule has 31 heavy (non-hydrogen) atoms. The van der Waals surface area contributed by atoms with Crippen LogP contribution in [-0.2, 0) is 20.6 Å². The van der Waals surface area contributed by atoms with Gasteiger partial charge in [-0.25, -0.2) is 4.39 Å². The fraction of sp³-hybridized carbons (Fsp3) is 0.778. The van der Waals surface area contributed by atoms with Crippen LogP contribution in [0.5, 0.6) is 0 Å². The molecule has 0 spiro atoms. The fourth-order valence-electron chi connectivity index (χ4n) is 4.34. The fourth-order valence-corrected chi connectivity index (χ4v) is 4.34. The molecule has 0 fully saturated rings. The van der Waals surface area contributed by atoms with Gasteiger partial charge >= 0.3 is 0 Å². The maximum Gasteiger partial charge on any atom is 0.285 e. The highest BCUT2D eigenvalue weighted by Gasteiger charge is 2.41. The number of benzene rings is 1. The minimum absolute atomic E-state index is 0.147. The predicted octanol–water partition coefficient (Wildman–Crippen LogP) is 8.06. The van der Waals surface area contributed by atoms with Gasteiger partial charge in [-0.05, 0) is 64.2 Å². The van der Waals surface area contributed by atoms with Gasteiger partial charge in [-0.2, -0.15) is 0 Å². The molecular weight excluding hydrogens is 391 g/mol. The van der Waals surface area contributed by atoms with E-state index in [1.165, 1.54) is 44.6 Å². The highest BCUT2D eigenvalue weighted by Crippen LogP contribution is 2.34. The quantitative estimate of drug-likeness (QED) is 0.152. The van der Waals surface area contributed by atoms with E-state index in [9.17, 15) is 4.39 Å². The van der Waals surface area contributed by atoms with Gasteiger partial charge in [0.05, 0.1) is 0 Å². The largest absolute Gasteiger partial charge is 0.328 e. The lowest BCUT2D eigenvalue weighted by molar-refractivity contribution is -0.403. The molecule has 1 unspecified atom stereocenters. The molecule has 1 rings (SSSR count). The summed E-state index contributed by atoms with van der Waals surface area (Å²) < 4.78 is 31.7. The molecule has 0 aliphatic carbocycles. The molecule has 0 N–H and O–H groups in total. The summed E-state index contributed by atoms with van der Waals surface area (Å²) in [6, 6.07) is 6.95. The van der Waals surface area contributed by atoms with Crippen LogP contribution in [0.1, 0.15) is 104 Å². The van der Waals surface area contributed by atoms with Crippen molar-refractivity contribution in [1.82, 2.24) is 0 Å². The minimum atomic E-state index is -0.926. The summed E-state index contributed by atoms with van der Waals surface area (Å²) in [5, 5.41) is 0. The Morgan fingerprint density at radius 2 is 1.29 bits per heavy atom. The van der Waals surface area contributed by atoms with Crippen molar-refractivity contribution in [2.45, 2.75) is 111 Å². The Balaban J connectivity index is 2.62. The van der Waals surface area contributed by atoms with Gasteiger partial charge in [0.2, 0.25) is 0 Å². The summed E-state index contributed by atoms with van der Waals surface area (Å²) in [6.07, 6.45) is 14.0. The van der Waals surface area contributed by atoms with Crippen molar-refractivity contribution in [1.29, 1.82) is 0 Å². The topological polar surface area (TPSA) is 27.7 Å². The van der Waals surface area contributed by atoms with Crippen LogP contribution in [0.2, 0.25) is 0 Å². The number of hydrogen-bond donors (Lipinski definition) is 0. The second kappa shape index (κ2) is 17.6. The van der Waals surface area contributed by atoms with E-state index in [1.807, 2.05) is 26.8 Å². The molecule has 1 atom stereocenters. The standard InChI is InChI=1S/C27H47FO3/c1-5-9-10-11-12-15-20-25(27(29-6-2,30-7-3)31-8-4)21-16-13-14-18-24-19-17-22-26(28)23-24/h17,19,22-23,25H,5-16,18,20-21H2,1-4H3. The number of unbranched alkanes of at least 4 members (excludes halogenated alkanes) is 7. The second-order valence-corrected chi connectivity index (χ2v) is 8.39. The van der Waals surface area contributed by atoms with Gasteiger partial charge in [-0.15, -0.1) is 0 Å². The summed E-state index contributed by atoms with van der Waals surface area (Å²) in [7, 11) is 0. The van der Waals surface area contributed by atoms with Gasteiger partial charge in [0, 0.05) is 25.7 Å². The van der Waals surface area contributed by atoms with Crippen molar-refractivity contribution in [2.24, 2.45) is 5.92 Å². The van der Waals surface area contributed by atoms with Gasteiger partial charge in [0.1, 0.15) is 5.82 Å². The molecule has 0 bridgehead atoms. The van der Waals surface area contributed by atoms with E-state index in [4.69, 9.17) is 14.2 Å².